The molecule has 0 saturated carbocycles. The van der Waals surface area contributed by atoms with Gasteiger partial charge in [0, 0.05) is 10.6 Å². The molecule has 30 heavy (non-hydrogen) atoms. The van der Waals surface area contributed by atoms with Crippen molar-refractivity contribution in [1.29, 1.82) is 0 Å². The van der Waals surface area contributed by atoms with Gasteiger partial charge in [-0.3, -0.25) is 19.3 Å². The maximum atomic E-state index is 13.8. The zero-order valence-electron chi connectivity index (χ0n) is 16.9. The largest absolute Gasteiger partial charge is 0.347 e. The average Bonchev–Trinajstić information content (AvgIpc) is 2.97. The number of thioether (sulfide) groups is 1. The van der Waals surface area contributed by atoms with E-state index in [-0.39, 0.29) is 23.7 Å². The Morgan fingerprint density at radius 2 is 1.83 bits per heavy atom. The van der Waals surface area contributed by atoms with Crippen molar-refractivity contribution in [1.82, 2.24) is 10.2 Å². The van der Waals surface area contributed by atoms with Crippen LogP contribution in [0, 0.1) is 11.7 Å². The van der Waals surface area contributed by atoms with Crippen molar-refractivity contribution in [3.63, 3.8) is 0 Å². The molecule has 4 rings (SSSR count). The van der Waals surface area contributed by atoms with E-state index in [0.717, 1.165) is 21.1 Å². The highest BCUT2D eigenvalue weighted by Gasteiger charge is 2.43. The van der Waals surface area contributed by atoms with E-state index in [1.807, 2.05) is 13.8 Å². The van der Waals surface area contributed by atoms with Crippen LogP contribution in [0.2, 0.25) is 0 Å². The van der Waals surface area contributed by atoms with Gasteiger partial charge >= 0.3 is 0 Å². The highest BCUT2D eigenvalue weighted by molar-refractivity contribution is 7.99. The SMILES string of the molecule is CC(C)CC(C(=O)NC1CCSc2ccc(F)cc21)N1C(=O)c2ccccc2C1=O. The highest BCUT2D eigenvalue weighted by atomic mass is 32.2. The molecule has 2 aromatic rings. The lowest BCUT2D eigenvalue weighted by Gasteiger charge is -2.31. The smallest absolute Gasteiger partial charge is 0.262 e. The summed E-state index contributed by atoms with van der Waals surface area (Å²) in [5.41, 5.74) is 1.39. The number of carbonyl (C=O) groups excluding carboxylic acids is 3. The summed E-state index contributed by atoms with van der Waals surface area (Å²) < 4.78 is 13.8. The molecule has 2 aliphatic rings. The van der Waals surface area contributed by atoms with Gasteiger partial charge in [-0.2, -0.15) is 0 Å². The topological polar surface area (TPSA) is 66.5 Å². The van der Waals surface area contributed by atoms with E-state index >= 15 is 0 Å². The predicted molar refractivity (Wildman–Crippen MR) is 113 cm³/mol. The monoisotopic (exact) mass is 426 g/mol. The number of imide groups is 1. The minimum atomic E-state index is -0.913. The van der Waals surface area contributed by atoms with E-state index in [1.54, 1.807) is 42.1 Å². The third-order valence-electron chi connectivity index (χ3n) is 5.46. The van der Waals surface area contributed by atoms with Crippen LogP contribution in [0.15, 0.2) is 47.4 Å². The summed E-state index contributed by atoms with van der Waals surface area (Å²) in [5, 5.41) is 2.99. The fourth-order valence-electron chi connectivity index (χ4n) is 4.05. The molecule has 0 spiro atoms. The molecule has 2 aromatic carbocycles. The molecule has 2 aliphatic heterocycles. The molecule has 3 amide bonds. The van der Waals surface area contributed by atoms with Crippen LogP contribution in [-0.4, -0.2) is 34.4 Å². The normalized spacial score (nSPS) is 18.9. The molecule has 2 atom stereocenters. The minimum absolute atomic E-state index is 0.0942. The zero-order chi connectivity index (χ0) is 21.4. The zero-order valence-corrected chi connectivity index (χ0v) is 17.7. The molecule has 0 saturated heterocycles. The summed E-state index contributed by atoms with van der Waals surface area (Å²) in [7, 11) is 0. The molecule has 1 N–H and O–H groups in total. The van der Waals surface area contributed by atoms with Gasteiger partial charge in [0.15, 0.2) is 0 Å². The lowest BCUT2D eigenvalue weighted by molar-refractivity contribution is -0.126. The summed E-state index contributed by atoms with van der Waals surface area (Å²) in [4.78, 5) is 41.2. The molecule has 0 aliphatic carbocycles. The van der Waals surface area contributed by atoms with E-state index in [4.69, 9.17) is 0 Å². The van der Waals surface area contributed by atoms with Crippen molar-refractivity contribution >= 4 is 29.5 Å². The van der Waals surface area contributed by atoms with Crippen LogP contribution >= 0.6 is 11.8 Å². The lowest BCUT2D eigenvalue weighted by Crippen LogP contribution is -2.51. The van der Waals surface area contributed by atoms with Gasteiger partial charge in [-0.1, -0.05) is 26.0 Å². The van der Waals surface area contributed by atoms with Crippen molar-refractivity contribution < 1.29 is 18.8 Å². The Morgan fingerprint density at radius 3 is 2.47 bits per heavy atom. The first-order chi connectivity index (χ1) is 14.4. The number of amides is 3. The number of halogens is 1. The van der Waals surface area contributed by atoms with Gasteiger partial charge < -0.3 is 5.32 Å². The molecule has 5 nitrogen and oxygen atoms in total. The Labute approximate surface area is 179 Å². The van der Waals surface area contributed by atoms with Crippen LogP contribution in [0.3, 0.4) is 0 Å². The second kappa shape index (κ2) is 8.22. The van der Waals surface area contributed by atoms with Gasteiger partial charge in [0.05, 0.1) is 17.2 Å². The Kier molecular flexibility index (Phi) is 5.64. The fourth-order valence-corrected chi connectivity index (χ4v) is 5.16. The summed E-state index contributed by atoms with van der Waals surface area (Å²) in [6, 6.07) is 9.95. The van der Waals surface area contributed by atoms with Crippen molar-refractivity contribution in [3.05, 3.63) is 65.0 Å². The van der Waals surface area contributed by atoms with Gasteiger partial charge in [-0.25, -0.2) is 4.39 Å². The first-order valence-electron chi connectivity index (χ1n) is 10.1. The lowest BCUT2D eigenvalue weighted by atomic mass is 9.99. The van der Waals surface area contributed by atoms with Gasteiger partial charge in [0.25, 0.3) is 11.8 Å². The van der Waals surface area contributed by atoms with Gasteiger partial charge in [0.1, 0.15) is 11.9 Å². The Hall–Kier alpha value is -2.67. The first kappa shape index (κ1) is 20.6. The number of benzene rings is 2. The van der Waals surface area contributed by atoms with Gasteiger partial charge in [-0.05, 0) is 54.7 Å². The molecular weight excluding hydrogens is 403 g/mol. The number of nitrogens with one attached hydrogen (secondary N) is 1. The minimum Gasteiger partial charge on any atom is -0.347 e. The molecule has 0 bridgehead atoms. The predicted octanol–water partition coefficient (Wildman–Crippen LogP) is 4.19. The summed E-state index contributed by atoms with van der Waals surface area (Å²) in [6.45, 7) is 3.89. The van der Waals surface area contributed by atoms with Crippen LogP contribution in [0.1, 0.15) is 59.0 Å². The number of nitrogens with zero attached hydrogens (tertiary/aromatic N) is 1. The number of hydrogen-bond acceptors (Lipinski definition) is 4. The van der Waals surface area contributed by atoms with Crippen molar-refractivity contribution in [3.8, 4) is 0 Å². The molecule has 0 aromatic heterocycles. The second-order valence-electron chi connectivity index (χ2n) is 8.05. The third kappa shape index (κ3) is 3.74. The quantitative estimate of drug-likeness (QED) is 0.728. The third-order valence-corrected chi connectivity index (χ3v) is 6.58. The molecule has 2 heterocycles. The summed E-state index contributed by atoms with van der Waals surface area (Å²) >= 11 is 1.63. The number of carbonyl (C=O) groups is 3. The first-order valence-corrected chi connectivity index (χ1v) is 11.0. The molecule has 0 fully saturated rings. The van der Waals surface area contributed by atoms with E-state index < -0.39 is 17.9 Å². The van der Waals surface area contributed by atoms with E-state index in [9.17, 15) is 18.8 Å². The van der Waals surface area contributed by atoms with E-state index in [2.05, 4.69) is 5.32 Å². The standard InChI is InChI=1S/C23H23FN2O3S/c1-13(2)11-19(26-22(28)15-5-3-4-6-16(15)23(26)29)21(27)25-18-9-10-30-20-8-7-14(24)12-17(18)20/h3-8,12-13,18-19H,9-11H2,1-2H3,(H,25,27). The maximum absolute atomic E-state index is 13.8. The van der Waals surface area contributed by atoms with Crippen LogP contribution < -0.4 is 5.32 Å². The van der Waals surface area contributed by atoms with Crippen LogP contribution in [0.5, 0.6) is 0 Å². The number of rotatable bonds is 5. The maximum Gasteiger partial charge on any atom is 0.262 e. The Balaban J connectivity index is 1.62. The van der Waals surface area contributed by atoms with Gasteiger partial charge in [0.2, 0.25) is 5.91 Å². The van der Waals surface area contributed by atoms with E-state index in [1.165, 1.54) is 12.1 Å². The van der Waals surface area contributed by atoms with E-state index in [0.29, 0.717) is 24.0 Å². The Morgan fingerprint density at radius 1 is 1.17 bits per heavy atom. The second-order valence-corrected chi connectivity index (χ2v) is 9.19. The molecule has 2 unspecified atom stereocenters. The average molecular weight is 427 g/mol. The Bertz CT molecular complexity index is 988. The molecular formula is C23H23FN2O3S. The number of fused-ring (bicyclic) bond motifs is 2. The molecule has 7 heteroatoms. The van der Waals surface area contributed by atoms with Crippen LogP contribution in [0.4, 0.5) is 4.39 Å². The molecule has 156 valence electrons. The number of hydrogen-bond donors (Lipinski definition) is 1. The van der Waals surface area contributed by atoms with Crippen molar-refractivity contribution in [2.24, 2.45) is 5.92 Å². The fraction of sp³-hybridized carbons (Fsp3) is 0.348. The summed E-state index contributed by atoms with van der Waals surface area (Å²) in [6.07, 6.45) is 1.01. The highest BCUT2D eigenvalue weighted by Crippen LogP contribution is 2.37. The molecule has 0 radical (unpaired) electrons. The van der Waals surface area contributed by atoms with Crippen LogP contribution in [0.25, 0.3) is 0 Å². The summed E-state index contributed by atoms with van der Waals surface area (Å²) in [5.74, 6) is -0.730. The van der Waals surface area contributed by atoms with Crippen molar-refractivity contribution in [2.75, 3.05) is 5.75 Å². The van der Waals surface area contributed by atoms with Gasteiger partial charge in [-0.15, -0.1) is 11.8 Å². The van der Waals surface area contributed by atoms with Crippen LogP contribution in [-0.2, 0) is 4.79 Å². The van der Waals surface area contributed by atoms with Crippen molar-refractivity contribution in [2.45, 2.75) is 43.7 Å².